The van der Waals surface area contributed by atoms with E-state index in [2.05, 4.69) is 0 Å². The van der Waals surface area contributed by atoms with Crippen molar-refractivity contribution in [3.63, 3.8) is 0 Å². The average Bonchev–Trinajstić information content (AvgIpc) is 3.12. The molecule has 152 valence electrons. The largest absolute Gasteiger partial charge is 0.454 e. The van der Waals surface area contributed by atoms with Gasteiger partial charge in [0.2, 0.25) is 16.8 Å². The Kier molecular flexibility index (Phi) is 6.50. The van der Waals surface area contributed by atoms with E-state index in [0.29, 0.717) is 22.9 Å². The maximum Gasteiger partial charge on any atom is 0.243 e. The number of sulfonamides is 1. The monoisotopic (exact) mass is 425 g/mol. The number of ether oxygens (including phenoxy) is 2. The number of aliphatic hydroxyl groups excluding tert-OH is 1. The molecule has 0 unspecified atom stereocenters. The fourth-order valence-electron chi connectivity index (χ4n) is 3.20. The molecule has 8 heteroatoms. The van der Waals surface area contributed by atoms with E-state index in [-0.39, 0.29) is 30.8 Å². The molecule has 0 saturated heterocycles. The molecule has 2 aromatic carbocycles. The topological polar surface area (TPSA) is 76.1 Å². The van der Waals surface area contributed by atoms with Gasteiger partial charge >= 0.3 is 0 Å². The van der Waals surface area contributed by atoms with Crippen LogP contribution in [0.15, 0.2) is 47.4 Å². The first kappa shape index (κ1) is 20.9. The first-order chi connectivity index (χ1) is 13.3. The summed E-state index contributed by atoms with van der Waals surface area (Å²) in [4.78, 5) is 0.139. The average molecular weight is 426 g/mol. The molecule has 0 aliphatic carbocycles. The lowest BCUT2D eigenvalue weighted by Gasteiger charge is -2.31. The van der Waals surface area contributed by atoms with Crippen molar-refractivity contribution in [2.75, 3.05) is 13.4 Å². The maximum absolute atomic E-state index is 13.4. The minimum Gasteiger partial charge on any atom is -0.454 e. The summed E-state index contributed by atoms with van der Waals surface area (Å²) in [6, 6.07) is 10.8. The summed E-state index contributed by atoms with van der Waals surface area (Å²) < 4.78 is 38.8. The van der Waals surface area contributed by atoms with Crippen LogP contribution in [0.25, 0.3) is 0 Å². The molecule has 1 aliphatic rings. The molecule has 0 radical (unpaired) electrons. The molecule has 1 N–H and O–H groups in total. The van der Waals surface area contributed by atoms with Gasteiger partial charge in [-0.3, -0.25) is 0 Å². The smallest absolute Gasteiger partial charge is 0.243 e. The molecule has 1 atom stereocenters. The quantitative estimate of drug-likeness (QED) is 0.698. The molecule has 0 amide bonds. The number of hydrogen-bond acceptors (Lipinski definition) is 5. The van der Waals surface area contributed by atoms with Crippen LogP contribution >= 0.6 is 11.6 Å². The van der Waals surface area contributed by atoms with E-state index in [1.165, 1.54) is 16.4 Å². The highest BCUT2D eigenvalue weighted by Crippen LogP contribution is 2.34. The van der Waals surface area contributed by atoms with E-state index in [1.807, 2.05) is 19.9 Å². The molecule has 0 bridgehead atoms. The van der Waals surface area contributed by atoms with Gasteiger partial charge in [-0.15, -0.1) is 0 Å². The summed E-state index contributed by atoms with van der Waals surface area (Å²) in [5, 5.41) is 10.4. The zero-order chi connectivity index (χ0) is 20.3. The normalized spacial score (nSPS) is 14.6. The first-order valence-corrected chi connectivity index (χ1v) is 10.9. The standard InChI is InChI=1S/C20H24ClNO5S/c1-14(2)9-17(12-23)22(28(24,25)18-6-4-16(21)5-7-18)11-15-3-8-19-20(10-15)27-13-26-19/h3-8,10,14,17,23H,9,11-13H2,1-2H3/t17-/m1/s1. The first-order valence-electron chi connectivity index (χ1n) is 9.08. The van der Waals surface area contributed by atoms with E-state index in [9.17, 15) is 13.5 Å². The Hall–Kier alpha value is -1.80. The molecule has 0 aromatic heterocycles. The number of rotatable bonds is 8. The van der Waals surface area contributed by atoms with Crippen LogP contribution in [0, 0.1) is 5.92 Å². The van der Waals surface area contributed by atoms with Gasteiger partial charge in [-0.05, 0) is 54.3 Å². The third kappa shape index (κ3) is 4.60. The minimum absolute atomic E-state index is 0.111. The van der Waals surface area contributed by atoms with Crippen LogP contribution < -0.4 is 9.47 Å². The molecule has 28 heavy (non-hydrogen) atoms. The molecule has 0 saturated carbocycles. The van der Waals surface area contributed by atoms with Crippen LogP contribution in [-0.2, 0) is 16.6 Å². The van der Waals surface area contributed by atoms with Gasteiger partial charge in [0.25, 0.3) is 0 Å². The highest BCUT2D eigenvalue weighted by atomic mass is 35.5. The van der Waals surface area contributed by atoms with E-state index >= 15 is 0 Å². The van der Waals surface area contributed by atoms with Crippen LogP contribution in [0.5, 0.6) is 11.5 Å². The third-order valence-electron chi connectivity index (χ3n) is 4.56. The van der Waals surface area contributed by atoms with Crippen LogP contribution in [0.1, 0.15) is 25.8 Å². The van der Waals surface area contributed by atoms with Gasteiger partial charge in [-0.1, -0.05) is 31.5 Å². The molecule has 3 rings (SSSR count). The molecule has 1 aliphatic heterocycles. The molecule has 0 spiro atoms. The lowest BCUT2D eigenvalue weighted by molar-refractivity contribution is 0.164. The lowest BCUT2D eigenvalue weighted by atomic mass is 10.0. The predicted molar refractivity (Wildman–Crippen MR) is 107 cm³/mol. The number of nitrogens with zero attached hydrogens (tertiary/aromatic N) is 1. The highest BCUT2D eigenvalue weighted by Gasteiger charge is 2.32. The number of hydrogen-bond donors (Lipinski definition) is 1. The Morgan fingerprint density at radius 3 is 2.43 bits per heavy atom. The number of fused-ring (bicyclic) bond motifs is 1. The molecule has 6 nitrogen and oxygen atoms in total. The number of halogens is 1. The Labute approximate surface area is 170 Å². The number of aliphatic hydroxyl groups is 1. The second kappa shape index (κ2) is 8.69. The van der Waals surface area contributed by atoms with Crippen molar-refractivity contribution in [1.29, 1.82) is 0 Å². The van der Waals surface area contributed by atoms with Crippen molar-refractivity contribution in [2.45, 2.75) is 37.8 Å². The summed E-state index contributed by atoms with van der Waals surface area (Å²) in [6.45, 7) is 3.99. The highest BCUT2D eigenvalue weighted by molar-refractivity contribution is 7.89. The van der Waals surface area contributed by atoms with E-state index < -0.39 is 16.1 Å². The fourth-order valence-corrected chi connectivity index (χ4v) is 4.94. The summed E-state index contributed by atoms with van der Waals surface area (Å²) in [7, 11) is -3.84. The molecule has 1 heterocycles. The molecule has 0 fully saturated rings. The summed E-state index contributed by atoms with van der Waals surface area (Å²) in [5.41, 5.74) is 0.754. The van der Waals surface area contributed by atoms with Crippen LogP contribution in [-0.4, -0.2) is 37.3 Å². The second-order valence-electron chi connectivity index (χ2n) is 7.16. The van der Waals surface area contributed by atoms with Crippen LogP contribution in [0.3, 0.4) is 0 Å². The van der Waals surface area contributed by atoms with Gasteiger partial charge in [0, 0.05) is 17.6 Å². The number of benzene rings is 2. The Morgan fingerprint density at radius 1 is 1.11 bits per heavy atom. The van der Waals surface area contributed by atoms with E-state index in [4.69, 9.17) is 21.1 Å². The third-order valence-corrected chi connectivity index (χ3v) is 6.72. The Balaban J connectivity index is 1.97. The van der Waals surface area contributed by atoms with Crippen molar-refractivity contribution in [3.8, 4) is 11.5 Å². The van der Waals surface area contributed by atoms with Crippen molar-refractivity contribution in [3.05, 3.63) is 53.1 Å². The van der Waals surface area contributed by atoms with Gasteiger partial charge in [-0.2, -0.15) is 4.31 Å². The lowest BCUT2D eigenvalue weighted by Crippen LogP contribution is -2.42. The van der Waals surface area contributed by atoms with Crippen molar-refractivity contribution < 1.29 is 23.0 Å². The maximum atomic E-state index is 13.4. The zero-order valence-corrected chi connectivity index (χ0v) is 17.4. The van der Waals surface area contributed by atoms with E-state index in [0.717, 1.165) is 5.56 Å². The summed E-state index contributed by atoms with van der Waals surface area (Å²) >= 11 is 5.91. The van der Waals surface area contributed by atoms with Crippen LogP contribution in [0.4, 0.5) is 0 Å². The van der Waals surface area contributed by atoms with Crippen molar-refractivity contribution in [2.24, 2.45) is 5.92 Å². The predicted octanol–water partition coefficient (Wildman–Crippen LogP) is 3.67. The SMILES string of the molecule is CC(C)C[C@H](CO)N(Cc1ccc2c(c1)OCO2)S(=O)(=O)c1ccc(Cl)cc1. The van der Waals surface area contributed by atoms with Gasteiger partial charge in [0.05, 0.1) is 11.5 Å². The van der Waals surface area contributed by atoms with Crippen molar-refractivity contribution in [1.82, 2.24) is 4.31 Å². The Morgan fingerprint density at radius 2 is 1.79 bits per heavy atom. The molecular formula is C20H24ClNO5S. The van der Waals surface area contributed by atoms with Crippen molar-refractivity contribution >= 4 is 21.6 Å². The van der Waals surface area contributed by atoms with Gasteiger partial charge < -0.3 is 14.6 Å². The molecular weight excluding hydrogens is 402 g/mol. The second-order valence-corrected chi connectivity index (χ2v) is 9.48. The Bertz CT molecular complexity index is 915. The van der Waals surface area contributed by atoms with Gasteiger partial charge in [0.1, 0.15) is 0 Å². The minimum atomic E-state index is -3.84. The summed E-state index contributed by atoms with van der Waals surface area (Å²) in [5.74, 6) is 1.44. The van der Waals surface area contributed by atoms with Crippen LogP contribution in [0.2, 0.25) is 5.02 Å². The molecule has 2 aromatic rings. The summed E-state index contributed by atoms with van der Waals surface area (Å²) in [6.07, 6.45) is 0.536. The van der Waals surface area contributed by atoms with Gasteiger partial charge in [-0.25, -0.2) is 8.42 Å². The fraction of sp³-hybridized carbons (Fsp3) is 0.400. The van der Waals surface area contributed by atoms with E-state index in [1.54, 1.807) is 24.3 Å². The van der Waals surface area contributed by atoms with Gasteiger partial charge in [0.15, 0.2) is 11.5 Å². The zero-order valence-electron chi connectivity index (χ0n) is 15.8.